The van der Waals surface area contributed by atoms with Crippen LogP contribution in [0.1, 0.15) is 22.4 Å². The highest BCUT2D eigenvalue weighted by Gasteiger charge is 2.15. The molecule has 4 rings (SSSR count). The molecule has 0 bridgehead atoms. The topological polar surface area (TPSA) is 28.7 Å². The number of nitrogens with zero attached hydrogens (tertiary/aromatic N) is 2. The summed E-state index contributed by atoms with van der Waals surface area (Å²) in [4.78, 5) is 0. The first-order chi connectivity index (χ1) is 14.1. The van der Waals surface area contributed by atoms with Crippen molar-refractivity contribution in [2.24, 2.45) is 0 Å². The molecule has 0 radical (unpaired) electrons. The molecule has 0 atom stereocenters. The smallest absolute Gasteiger partial charge is 0.0998 e. The van der Waals surface area contributed by atoms with Gasteiger partial charge < -0.3 is 4.57 Å². The van der Waals surface area contributed by atoms with Crippen molar-refractivity contribution in [3.8, 4) is 6.07 Å². The highest BCUT2D eigenvalue weighted by Crippen LogP contribution is 2.32. The maximum absolute atomic E-state index is 9.81. The van der Waals surface area contributed by atoms with Crippen molar-refractivity contribution >= 4 is 45.8 Å². The van der Waals surface area contributed by atoms with Crippen molar-refractivity contribution in [3.63, 3.8) is 0 Å². The molecule has 1 heterocycles. The number of benzene rings is 3. The average molecular weight is 417 g/mol. The van der Waals surface area contributed by atoms with Crippen molar-refractivity contribution < 1.29 is 0 Å². The molecule has 0 aliphatic carbocycles. The van der Waals surface area contributed by atoms with E-state index in [1.165, 1.54) is 0 Å². The van der Waals surface area contributed by atoms with Crippen molar-refractivity contribution in [2.45, 2.75) is 13.5 Å². The fourth-order valence-electron chi connectivity index (χ4n) is 3.63. The standard InChI is InChI=1S/C25H18Cl2N2/c1-17-22(14-19(15-28)20-9-3-6-12-24(20)27)21-10-4-7-13-25(21)29(17)16-18-8-2-5-11-23(18)26/h2-14H,16H2,1H3. The third-order valence-corrected chi connectivity index (χ3v) is 5.84. The minimum atomic E-state index is 0.541. The van der Waals surface area contributed by atoms with Gasteiger partial charge in [0.1, 0.15) is 0 Å². The molecule has 2 nitrogen and oxygen atoms in total. The molecular weight excluding hydrogens is 399 g/mol. The van der Waals surface area contributed by atoms with E-state index in [2.05, 4.69) is 29.7 Å². The molecule has 0 aliphatic heterocycles. The lowest BCUT2D eigenvalue weighted by Gasteiger charge is -2.10. The first-order valence-corrected chi connectivity index (χ1v) is 10.0. The fraction of sp³-hybridized carbons (Fsp3) is 0.0800. The maximum atomic E-state index is 9.81. The van der Waals surface area contributed by atoms with Crippen molar-refractivity contribution in [2.75, 3.05) is 0 Å². The molecule has 0 fully saturated rings. The van der Waals surface area contributed by atoms with Crippen LogP contribution >= 0.6 is 23.2 Å². The van der Waals surface area contributed by atoms with E-state index in [4.69, 9.17) is 23.2 Å². The van der Waals surface area contributed by atoms with E-state index >= 15 is 0 Å². The molecule has 4 heteroatoms. The predicted octanol–water partition coefficient (Wildman–Crippen LogP) is 7.37. The van der Waals surface area contributed by atoms with Crippen molar-refractivity contribution in [1.82, 2.24) is 4.57 Å². The fourth-order valence-corrected chi connectivity index (χ4v) is 4.07. The number of fused-ring (bicyclic) bond motifs is 1. The van der Waals surface area contributed by atoms with E-state index in [1.54, 1.807) is 6.07 Å². The Morgan fingerprint density at radius 2 is 1.59 bits per heavy atom. The Bertz CT molecular complexity index is 1280. The molecule has 0 saturated heterocycles. The van der Waals surface area contributed by atoms with Gasteiger partial charge in [0.25, 0.3) is 0 Å². The Hall–Kier alpha value is -2.99. The summed E-state index contributed by atoms with van der Waals surface area (Å²) in [5.41, 5.74) is 5.53. The van der Waals surface area contributed by atoms with Gasteiger partial charge in [0, 0.05) is 44.3 Å². The molecule has 4 aromatic rings. The molecule has 142 valence electrons. The van der Waals surface area contributed by atoms with Gasteiger partial charge in [-0.1, -0.05) is 77.8 Å². The van der Waals surface area contributed by atoms with E-state index in [-0.39, 0.29) is 0 Å². The zero-order chi connectivity index (χ0) is 20.4. The van der Waals surface area contributed by atoms with Crippen LogP contribution in [0.2, 0.25) is 10.0 Å². The normalized spacial score (nSPS) is 11.6. The average Bonchev–Trinajstić information content (AvgIpc) is 3.00. The summed E-state index contributed by atoms with van der Waals surface area (Å²) in [5.74, 6) is 0. The summed E-state index contributed by atoms with van der Waals surface area (Å²) in [6.45, 7) is 2.73. The van der Waals surface area contributed by atoms with Gasteiger partial charge in [-0.3, -0.25) is 0 Å². The second-order valence-electron chi connectivity index (χ2n) is 6.84. The first kappa shape index (κ1) is 19.3. The van der Waals surface area contributed by atoms with Crippen molar-refractivity contribution in [1.29, 1.82) is 5.26 Å². The van der Waals surface area contributed by atoms with Crippen LogP contribution in [-0.2, 0) is 6.54 Å². The van der Waals surface area contributed by atoms with Gasteiger partial charge in [0.05, 0.1) is 11.6 Å². The number of para-hydroxylation sites is 1. The zero-order valence-corrected chi connectivity index (χ0v) is 17.4. The van der Waals surface area contributed by atoms with Gasteiger partial charge in [0.15, 0.2) is 0 Å². The number of hydrogen-bond donors (Lipinski definition) is 0. The zero-order valence-electron chi connectivity index (χ0n) is 15.9. The van der Waals surface area contributed by atoms with E-state index in [9.17, 15) is 5.26 Å². The van der Waals surface area contributed by atoms with Crippen LogP contribution in [0.5, 0.6) is 0 Å². The Kier molecular flexibility index (Phi) is 5.45. The molecule has 0 N–H and O–H groups in total. The van der Waals surface area contributed by atoms with Crippen molar-refractivity contribution in [3.05, 3.63) is 105 Å². The summed E-state index contributed by atoms with van der Waals surface area (Å²) in [6, 6.07) is 25.8. The summed E-state index contributed by atoms with van der Waals surface area (Å²) in [6.07, 6.45) is 1.93. The SMILES string of the molecule is Cc1c(C=C(C#N)c2ccccc2Cl)c2ccccc2n1Cc1ccccc1Cl. The van der Waals surface area contributed by atoms with Crippen LogP contribution in [0.25, 0.3) is 22.6 Å². The van der Waals surface area contributed by atoms with E-state index in [0.717, 1.165) is 38.3 Å². The highest BCUT2D eigenvalue weighted by atomic mass is 35.5. The third-order valence-electron chi connectivity index (χ3n) is 5.14. The maximum Gasteiger partial charge on any atom is 0.0998 e. The summed E-state index contributed by atoms with van der Waals surface area (Å²) in [5, 5.41) is 12.2. The molecule has 3 aromatic carbocycles. The molecule has 0 aliphatic rings. The van der Waals surface area contributed by atoms with Crippen LogP contribution in [0.15, 0.2) is 72.8 Å². The molecule has 0 amide bonds. The van der Waals surface area contributed by atoms with Gasteiger partial charge in [-0.25, -0.2) is 0 Å². The van der Waals surface area contributed by atoms with Gasteiger partial charge in [0.2, 0.25) is 0 Å². The molecule has 0 spiro atoms. The molecule has 0 saturated carbocycles. The van der Waals surface area contributed by atoms with Crippen LogP contribution in [0.4, 0.5) is 0 Å². The van der Waals surface area contributed by atoms with Crippen LogP contribution in [0, 0.1) is 18.3 Å². The van der Waals surface area contributed by atoms with Gasteiger partial charge in [-0.05, 0) is 36.8 Å². The van der Waals surface area contributed by atoms with E-state index < -0.39 is 0 Å². The number of allylic oxidation sites excluding steroid dienone is 1. The quantitative estimate of drug-likeness (QED) is 0.319. The lowest BCUT2D eigenvalue weighted by Crippen LogP contribution is -2.02. The first-order valence-electron chi connectivity index (χ1n) is 9.28. The van der Waals surface area contributed by atoms with Crippen LogP contribution < -0.4 is 0 Å². The van der Waals surface area contributed by atoms with Gasteiger partial charge in [-0.15, -0.1) is 0 Å². The Balaban J connectivity index is 1.90. The largest absolute Gasteiger partial charge is 0.340 e. The number of aromatic nitrogens is 1. The predicted molar refractivity (Wildman–Crippen MR) is 122 cm³/mol. The Morgan fingerprint density at radius 3 is 2.31 bits per heavy atom. The second kappa shape index (κ2) is 8.17. The van der Waals surface area contributed by atoms with E-state index in [1.807, 2.05) is 60.7 Å². The van der Waals surface area contributed by atoms with E-state index in [0.29, 0.717) is 17.1 Å². The highest BCUT2D eigenvalue weighted by molar-refractivity contribution is 6.33. The number of hydrogen-bond acceptors (Lipinski definition) is 1. The van der Waals surface area contributed by atoms with Crippen LogP contribution in [-0.4, -0.2) is 4.57 Å². The number of rotatable bonds is 4. The Labute approximate surface area is 180 Å². The Morgan fingerprint density at radius 1 is 0.931 bits per heavy atom. The second-order valence-corrected chi connectivity index (χ2v) is 7.66. The molecule has 0 unspecified atom stereocenters. The molecular formula is C25H18Cl2N2. The number of nitriles is 1. The van der Waals surface area contributed by atoms with Crippen LogP contribution in [0.3, 0.4) is 0 Å². The molecule has 1 aromatic heterocycles. The summed E-state index contributed by atoms with van der Waals surface area (Å²) < 4.78 is 2.24. The van der Waals surface area contributed by atoms with Gasteiger partial charge in [-0.2, -0.15) is 5.26 Å². The lowest BCUT2D eigenvalue weighted by atomic mass is 10.0. The molecule has 29 heavy (non-hydrogen) atoms. The van der Waals surface area contributed by atoms with Gasteiger partial charge >= 0.3 is 0 Å². The third kappa shape index (κ3) is 3.68. The minimum Gasteiger partial charge on any atom is -0.340 e. The summed E-state index contributed by atoms with van der Waals surface area (Å²) in [7, 11) is 0. The summed E-state index contributed by atoms with van der Waals surface area (Å²) >= 11 is 12.7. The monoisotopic (exact) mass is 416 g/mol. The number of halogens is 2. The lowest BCUT2D eigenvalue weighted by molar-refractivity contribution is 0.804. The minimum absolute atomic E-state index is 0.541.